The molecule has 0 saturated carbocycles. The van der Waals surface area contributed by atoms with E-state index in [1.165, 1.54) is 48.3 Å². The van der Waals surface area contributed by atoms with Crippen molar-refractivity contribution in [3.8, 4) is 0 Å². The molecule has 0 saturated heterocycles. The minimum Gasteiger partial charge on any atom is -0.357 e. The summed E-state index contributed by atoms with van der Waals surface area (Å²) in [6, 6.07) is 19.5. The smallest absolute Gasteiger partial charge is 0.264 e. The average Bonchev–Trinajstić information content (AvgIpc) is 2.89. The van der Waals surface area contributed by atoms with Crippen LogP contribution in [0.1, 0.15) is 24.5 Å². The fourth-order valence-electron chi connectivity index (χ4n) is 3.83. The maximum atomic E-state index is 13.7. The molecule has 0 bridgehead atoms. The summed E-state index contributed by atoms with van der Waals surface area (Å²) in [7, 11) is -2.62. The zero-order valence-corrected chi connectivity index (χ0v) is 21.3. The van der Waals surface area contributed by atoms with E-state index in [-0.39, 0.29) is 17.3 Å². The summed E-state index contributed by atoms with van der Waals surface area (Å²) in [4.78, 5) is 27.8. The maximum absolute atomic E-state index is 13.7. The zero-order chi connectivity index (χ0) is 26.3. The molecule has 1 unspecified atom stereocenters. The predicted molar refractivity (Wildman–Crippen MR) is 137 cm³/mol. The fourth-order valence-corrected chi connectivity index (χ4v) is 5.27. The molecule has 1 N–H and O–H groups in total. The van der Waals surface area contributed by atoms with Crippen molar-refractivity contribution in [3.05, 3.63) is 95.8 Å². The van der Waals surface area contributed by atoms with E-state index in [1.807, 2.05) is 6.92 Å². The van der Waals surface area contributed by atoms with Gasteiger partial charge in [-0.2, -0.15) is 0 Å². The van der Waals surface area contributed by atoms with Crippen molar-refractivity contribution in [2.45, 2.75) is 37.8 Å². The molecule has 0 aliphatic heterocycles. The highest BCUT2D eigenvalue weighted by atomic mass is 32.2. The van der Waals surface area contributed by atoms with E-state index in [0.29, 0.717) is 17.7 Å². The number of amides is 2. The van der Waals surface area contributed by atoms with E-state index >= 15 is 0 Å². The van der Waals surface area contributed by atoms with Gasteiger partial charge in [-0.1, -0.05) is 55.0 Å². The quantitative estimate of drug-likeness (QED) is 0.448. The average molecular weight is 512 g/mol. The molecule has 0 radical (unpaired) electrons. The Morgan fingerprint density at radius 2 is 1.56 bits per heavy atom. The molecule has 3 aromatic rings. The van der Waals surface area contributed by atoms with E-state index < -0.39 is 34.3 Å². The topological polar surface area (TPSA) is 86.8 Å². The third-order valence-electron chi connectivity index (χ3n) is 5.83. The second-order valence-electron chi connectivity index (χ2n) is 8.35. The van der Waals surface area contributed by atoms with Crippen molar-refractivity contribution >= 4 is 27.5 Å². The molecule has 1 atom stereocenters. The van der Waals surface area contributed by atoms with Gasteiger partial charge >= 0.3 is 0 Å². The van der Waals surface area contributed by atoms with Crippen LogP contribution in [0.2, 0.25) is 0 Å². The number of hydrogen-bond acceptors (Lipinski definition) is 4. The van der Waals surface area contributed by atoms with Gasteiger partial charge in [0.1, 0.15) is 18.4 Å². The Kier molecular flexibility index (Phi) is 8.82. The summed E-state index contributed by atoms with van der Waals surface area (Å²) < 4.78 is 41.8. The van der Waals surface area contributed by atoms with Crippen LogP contribution in [0.4, 0.5) is 10.1 Å². The van der Waals surface area contributed by atoms with Crippen LogP contribution < -0.4 is 9.62 Å². The highest BCUT2D eigenvalue weighted by Gasteiger charge is 2.33. The second-order valence-corrected chi connectivity index (χ2v) is 10.2. The molecule has 0 fully saturated rings. The summed E-state index contributed by atoms with van der Waals surface area (Å²) in [5.41, 5.74) is 1.87. The molecular weight excluding hydrogens is 481 g/mol. The summed E-state index contributed by atoms with van der Waals surface area (Å²) >= 11 is 0. The van der Waals surface area contributed by atoms with Crippen LogP contribution >= 0.6 is 0 Å². The molecule has 36 heavy (non-hydrogen) atoms. The van der Waals surface area contributed by atoms with Gasteiger partial charge in [0.2, 0.25) is 11.8 Å². The van der Waals surface area contributed by atoms with Crippen molar-refractivity contribution < 1.29 is 22.4 Å². The number of anilines is 1. The van der Waals surface area contributed by atoms with Gasteiger partial charge in [0, 0.05) is 13.6 Å². The third kappa shape index (κ3) is 6.28. The molecule has 3 aromatic carbocycles. The van der Waals surface area contributed by atoms with E-state index in [4.69, 9.17) is 0 Å². The summed E-state index contributed by atoms with van der Waals surface area (Å²) in [6.07, 6.45) is 0.308. The molecule has 190 valence electrons. The number of aryl methyl sites for hydroxylation is 1. The minimum atomic E-state index is -4.10. The van der Waals surface area contributed by atoms with Crippen molar-refractivity contribution in [1.29, 1.82) is 0 Å². The van der Waals surface area contributed by atoms with Gasteiger partial charge in [0.25, 0.3) is 10.0 Å². The number of carbonyl (C=O) groups is 2. The largest absolute Gasteiger partial charge is 0.357 e. The lowest BCUT2D eigenvalue weighted by Gasteiger charge is -2.33. The van der Waals surface area contributed by atoms with Crippen molar-refractivity contribution in [2.24, 2.45) is 0 Å². The van der Waals surface area contributed by atoms with Gasteiger partial charge in [-0.3, -0.25) is 13.9 Å². The number of hydrogen-bond donors (Lipinski definition) is 1. The lowest BCUT2D eigenvalue weighted by atomic mass is 10.1. The number of halogens is 1. The molecule has 0 heterocycles. The van der Waals surface area contributed by atoms with Gasteiger partial charge in [0.05, 0.1) is 10.6 Å². The number of nitrogens with one attached hydrogen (secondary N) is 1. The SMILES string of the molecule is CCC(C(=O)NC)N(Cc1ccc(F)cc1)C(=O)CN(c1ccc(C)cc1)S(=O)(=O)c1ccccc1. The molecule has 3 rings (SSSR count). The van der Waals surface area contributed by atoms with Crippen molar-refractivity contribution in [2.75, 3.05) is 17.9 Å². The van der Waals surface area contributed by atoms with Crippen molar-refractivity contribution in [3.63, 3.8) is 0 Å². The zero-order valence-electron chi connectivity index (χ0n) is 20.5. The molecule has 0 spiro atoms. The Balaban J connectivity index is 2.03. The number of nitrogens with zero attached hydrogens (tertiary/aromatic N) is 2. The van der Waals surface area contributed by atoms with Crippen LogP contribution in [0.3, 0.4) is 0 Å². The van der Waals surface area contributed by atoms with Gasteiger partial charge < -0.3 is 10.2 Å². The first kappa shape index (κ1) is 26.9. The summed E-state index contributed by atoms with van der Waals surface area (Å²) in [6.45, 7) is 3.14. The Bertz CT molecular complexity index is 1280. The van der Waals surface area contributed by atoms with Crippen LogP contribution in [0, 0.1) is 12.7 Å². The predicted octanol–water partition coefficient (Wildman–Crippen LogP) is 3.88. The molecule has 0 aliphatic carbocycles. The molecule has 2 amide bonds. The van der Waals surface area contributed by atoms with E-state index in [9.17, 15) is 22.4 Å². The second kappa shape index (κ2) is 11.8. The van der Waals surface area contributed by atoms with Crippen LogP contribution in [0.25, 0.3) is 0 Å². The monoisotopic (exact) mass is 511 g/mol. The molecule has 7 nitrogen and oxygen atoms in total. The first-order valence-electron chi connectivity index (χ1n) is 11.6. The fraction of sp³-hybridized carbons (Fsp3) is 0.259. The number of carbonyl (C=O) groups excluding carboxylic acids is 2. The Labute approximate surface area is 211 Å². The Morgan fingerprint density at radius 3 is 2.11 bits per heavy atom. The Hall–Kier alpha value is -3.72. The molecule has 0 aromatic heterocycles. The summed E-state index contributed by atoms with van der Waals surface area (Å²) in [5, 5.41) is 2.57. The van der Waals surface area contributed by atoms with Gasteiger partial charge in [0.15, 0.2) is 0 Å². The highest BCUT2D eigenvalue weighted by Crippen LogP contribution is 2.25. The Morgan fingerprint density at radius 1 is 0.944 bits per heavy atom. The molecule has 0 aliphatic rings. The minimum absolute atomic E-state index is 0.0121. The van der Waals surface area contributed by atoms with E-state index in [2.05, 4.69) is 5.32 Å². The first-order chi connectivity index (χ1) is 17.2. The lowest BCUT2D eigenvalue weighted by molar-refractivity contribution is -0.140. The van der Waals surface area contributed by atoms with E-state index in [1.54, 1.807) is 49.4 Å². The van der Waals surface area contributed by atoms with Crippen LogP contribution in [-0.2, 0) is 26.2 Å². The van der Waals surface area contributed by atoms with Gasteiger partial charge in [-0.05, 0) is 55.3 Å². The number of sulfonamides is 1. The lowest BCUT2D eigenvalue weighted by Crippen LogP contribution is -2.51. The number of rotatable bonds is 10. The number of likely N-dealkylation sites (N-methyl/N-ethyl adjacent to an activating group) is 1. The normalized spacial score (nSPS) is 12.0. The highest BCUT2D eigenvalue weighted by molar-refractivity contribution is 7.92. The van der Waals surface area contributed by atoms with Crippen LogP contribution in [0.15, 0.2) is 83.8 Å². The maximum Gasteiger partial charge on any atom is 0.264 e. The van der Waals surface area contributed by atoms with Gasteiger partial charge in [-0.25, -0.2) is 12.8 Å². The standard InChI is InChI=1S/C27H30FN3O4S/c1-4-25(27(33)29-3)30(18-21-12-14-22(28)15-13-21)26(32)19-31(23-16-10-20(2)11-17-23)36(34,35)24-8-6-5-7-9-24/h5-17,25H,4,18-19H2,1-3H3,(H,29,33). The van der Waals surface area contributed by atoms with Crippen molar-refractivity contribution in [1.82, 2.24) is 10.2 Å². The van der Waals surface area contributed by atoms with Crippen LogP contribution in [-0.4, -0.2) is 44.8 Å². The van der Waals surface area contributed by atoms with Crippen LogP contribution in [0.5, 0.6) is 0 Å². The molecule has 9 heteroatoms. The third-order valence-corrected chi connectivity index (χ3v) is 7.62. The van der Waals surface area contributed by atoms with Gasteiger partial charge in [-0.15, -0.1) is 0 Å². The first-order valence-corrected chi connectivity index (χ1v) is 13.0. The molecular formula is C27H30FN3O4S. The number of benzene rings is 3. The van der Waals surface area contributed by atoms with E-state index in [0.717, 1.165) is 9.87 Å². The summed E-state index contributed by atoms with van der Waals surface area (Å²) in [5.74, 6) is -1.36.